The fraction of sp³-hybridized carbons (Fsp3) is 0. The molecule has 0 fully saturated rings. The van der Waals surface area contributed by atoms with Gasteiger partial charge in [0.25, 0.3) is 0 Å². The van der Waals surface area contributed by atoms with Crippen LogP contribution in [0.2, 0.25) is 0 Å². The van der Waals surface area contributed by atoms with Crippen LogP contribution in [0.1, 0.15) is 5.56 Å². The number of thiophene rings is 1. The molecule has 20 heavy (non-hydrogen) atoms. The number of hydrogen-bond donors (Lipinski definition) is 1. The van der Waals surface area contributed by atoms with Crippen molar-refractivity contribution in [3.05, 3.63) is 65.5 Å². The van der Waals surface area contributed by atoms with Crippen molar-refractivity contribution in [1.82, 2.24) is 0 Å². The monoisotopic (exact) mass is 276 g/mol. The van der Waals surface area contributed by atoms with Crippen molar-refractivity contribution < 1.29 is 0 Å². The fourth-order valence-electron chi connectivity index (χ4n) is 2.17. The Morgan fingerprint density at radius 3 is 2.10 bits per heavy atom. The summed E-state index contributed by atoms with van der Waals surface area (Å²) in [5, 5.41) is 11.7. The number of benzene rings is 2. The summed E-state index contributed by atoms with van der Waals surface area (Å²) in [6.45, 7) is 0. The minimum absolute atomic E-state index is 0.572. The van der Waals surface area contributed by atoms with E-state index in [0.29, 0.717) is 10.6 Å². The van der Waals surface area contributed by atoms with Gasteiger partial charge in [0.2, 0.25) is 0 Å². The molecule has 0 saturated heterocycles. The molecule has 0 saturated carbocycles. The summed E-state index contributed by atoms with van der Waals surface area (Å²) < 4.78 is 0. The molecule has 1 aromatic heterocycles. The Hall–Kier alpha value is -2.57. The molecule has 0 bridgehead atoms. The first kappa shape index (κ1) is 12.5. The van der Waals surface area contributed by atoms with Crippen LogP contribution in [0.15, 0.2) is 60.0 Å². The predicted octanol–water partition coefficient (Wildman–Crippen LogP) is 4.54. The van der Waals surface area contributed by atoms with Crippen LogP contribution in [0, 0.1) is 11.3 Å². The molecule has 0 aliphatic rings. The van der Waals surface area contributed by atoms with Crippen molar-refractivity contribution in [3.8, 4) is 28.3 Å². The molecule has 1 heterocycles. The molecule has 0 unspecified atom stereocenters. The van der Waals surface area contributed by atoms with E-state index in [4.69, 9.17) is 11.0 Å². The maximum atomic E-state index is 9.16. The van der Waals surface area contributed by atoms with Crippen molar-refractivity contribution >= 4 is 16.3 Å². The van der Waals surface area contributed by atoms with E-state index < -0.39 is 0 Å². The van der Waals surface area contributed by atoms with E-state index in [-0.39, 0.29) is 0 Å². The molecule has 3 rings (SSSR count). The third kappa shape index (κ3) is 2.18. The zero-order valence-corrected chi connectivity index (χ0v) is 11.5. The standard InChI is InChI=1S/C17H12N2S/c18-10-15-16(11-20-17(15)19)14-8-6-13(7-9-14)12-4-2-1-3-5-12/h1-9,11H,19H2. The van der Waals surface area contributed by atoms with Gasteiger partial charge in [0.05, 0.1) is 5.56 Å². The number of nitriles is 1. The van der Waals surface area contributed by atoms with Crippen molar-refractivity contribution in [2.75, 3.05) is 5.73 Å². The molecule has 0 aliphatic heterocycles. The summed E-state index contributed by atoms with van der Waals surface area (Å²) in [6.07, 6.45) is 0. The Bertz CT molecular complexity index is 765. The van der Waals surface area contributed by atoms with Gasteiger partial charge in [-0.15, -0.1) is 11.3 Å². The van der Waals surface area contributed by atoms with Gasteiger partial charge in [-0.3, -0.25) is 0 Å². The van der Waals surface area contributed by atoms with Crippen molar-refractivity contribution in [2.24, 2.45) is 0 Å². The molecule has 2 N–H and O–H groups in total. The molecular weight excluding hydrogens is 264 g/mol. The van der Waals surface area contributed by atoms with E-state index in [9.17, 15) is 0 Å². The third-order valence-corrected chi connectivity index (χ3v) is 4.05. The van der Waals surface area contributed by atoms with Crippen molar-refractivity contribution in [1.29, 1.82) is 5.26 Å². The van der Waals surface area contributed by atoms with Gasteiger partial charge in [-0.05, 0) is 16.7 Å². The van der Waals surface area contributed by atoms with Crippen LogP contribution in [0.25, 0.3) is 22.3 Å². The number of hydrogen-bond acceptors (Lipinski definition) is 3. The highest BCUT2D eigenvalue weighted by atomic mass is 32.1. The maximum Gasteiger partial charge on any atom is 0.104 e. The summed E-state index contributed by atoms with van der Waals surface area (Å²) in [5.74, 6) is 0. The second-order valence-electron chi connectivity index (χ2n) is 4.44. The van der Waals surface area contributed by atoms with E-state index in [1.165, 1.54) is 16.9 Å². The third-order valence-electron chi connectivity index (χ3n) is 3.23. The minimum Gasteiger partial charge on any atom is -0.389 e. The average molecular weight is 276 g/mol. The number of nitrogens with two attached hydrogens (primary N) is 1. The first-order valence-electron chi connectivity index (χ1n) is 6.22. The Kier molecular flexibility index (Phi) is 3.24. The number of rotatable bonds is 2. The molecule has 96 valence electrons. The van der Waals surface area contributed by atoms with Crippen LogP contribution >= 0.6 is 11.3 Å². The molecule has 0 spiro atoms. The highest BCUT2D eigenvalue weighted by Gasteiger charge is 2.10. The lowest BCUT2D eigenvalue weighted by Gasteiger charge is -2.04. The fourth-order valence-corrected chi connectivity index (χ4v) is 2.95. The molecule has 0 atom stereocenters. The summed E-state index contributed by atoms with van der Waals surface area (Å²) >= 11 is 1.41. The number of nitrogens with zero attached hydrogens (tertiary/aromatic N) is 1. The van der Waals surface area contributed by atoms with E-state index >= 15 is 0 Å². The van der Waals surface area contributed by atoms with E-state index in [0.717, 1.165) is 16.7 Å². The van der Waals surface area contributed by atoms with Gasteiger partial charge in [0.1, 0.15) is 11.1 Å². The molecule has 0 aliphatic carbocycles. The Morgan fingerprint density at radius 2 is 1.45 bits per heavy atom. The van der Waals surface area contributed by atoms with Crippen LogP contribution in [0.3, 0.4) is 0 Å². The Labute approximate surface area is 121 Å². The quantitative estimate of drug-likeness (QED) is 0.747. The Balaban J connectivity index is 2.00. The molecular formula is C17H12N2S. The first-order valence-corrected chi connectivity index (χ1v) is 7.10. The van der Waals surface area contributed by atoms with E-state index in [1.54, 1.807) is 0 Å². The predicted molar refractivity (Wildman–Crippen MR) is 84.3 cm³/mol. The lowest BCUT2D eigenvalue weighted by Crippen LogP contribution is -1.85. The number of anilines is 1. The van der Waals surface area contributed by atoms with Crippen LogP contribution in [0.5, 0.6) is 0 Å². The zero-order valence-electron chi connectivity index (χ0n) is 10.7. The topological polar surface area (TPSA) is 49.8 Å². The summed E-state index contributed by atoms with van der Waals surface area (Å²) in [5.41, 5.74) is 10.7. The SMILES string of the molecule is N#Cc1c(-c2ccc(-c3ccccc3)cc2)csc1N. The van der Waals surface area contributed by atoms with Gasteiger partial charge < -0.3 is 5.73 Å². The summed E-state index contributed by atoms with van der Waals surface area (Å²) in [4.78, 5) is 0. The largest absolute Gasteiger partial charge is 0.389 e. The lowest BCUT2D eigenvalue weighted by atomic mass is 10.00. The average Bonchev–Trinajstić information content (AvgIpc) is 2.89. The highest BCUT2D eigenvalue weighted by molar-refractivity contribution is 7.14. The normalized spacial score (nSPS) is 10.2. The molecule has 0 amide bonds. The van der Waals surface area contributed by atoms with Crippen LogP contribution in [-0.4, -0.2) is 0 Å². The molecule has 3 heteroatoms. The molecule has 2 aromatic carbocycles. The minimum atomic E-state index is 0.572. The second kappa shape index (κ2) is 5.20. The molecule has 3 aromatic rings. The molecule has 2 nitrogen and oxygen atoms in total. The van der Waals surface area contributed by atoms with Gasteiger partial charge in [0, 0.05) is 10.9 Å². The first-order chi connectivity index (χ1) is 9.79. The second-order valence-corrected chi connectivity index (χ2v) is 5.36. The van der Waals surface area contributed by atoms with Crippen LogP contribution < -0.4 is 5.73 Å². The van der Waals surface area contributed by atoms with Crippen molar-refractivity contribution in [2.45, 2.75) is 0 Å². The van der Waals surface area contributed by atoms with Gasteiger partial charge in [0.15, 0.2) is 0 Å². The highest BCUT2D eigenvalue weighted by Crippen LogP contribution is 2.33. The van der Waals surface area contributed by atoms with Crippen LogP contribution in [0.4, 0.5) is 5.00 Å². The van der Waals surface area contributed by atoms with Crippen LogP contribution in [-0.2, 0) is 0 Å². The van der Waals surface area contributed by atoms with Gasteiger partial charge >= 0.3 is 0 Å². The van der Waals surface area contributed by atoms with Crippen molar-refractivity contribution in [3.63, 3.8) is 0 Å². The smallest absolute Gasteiger partial charge is 0.104 e. The Morgan fingerprint density at radius 1 is 0.850 bits per heavy atom. The van der Waals surface area contributed by atoms with Gasteiger partial charge in [-0.2, -0.15) is 5.26 Å². The lowest BCUT2D eigenvalue weighted by molar-refractivity contribution is 1.50. The summed E-state index contributed by atoms with van der Waals surface area (Å²) in [6, 6.07) is 20.6. The maximum absolute atomic E-state index is 9.16. The van der Waals surface area contributed by atoms with Gasteiger partial charge in [-0.1, -0.05) is 54.6 Å². The summed E-state index contributed by atoms with van der Waals surface area (Å²) in [7, 11) is 0. The van der Waals surface area contributed by atoms with Gasteiger partial charge in [-0.25, -0.2) is 0 Å². The number of nitrogen functional groups attached to an aromatic ring is 1. The van der Waals surface area contributed by atoms with E-state index in [1.807, 2.05) is 35.7 Å². The van der Waals surface area contributed by atoms with E-state index in [2.05, 4.69) is 30.3 Å². The zero-order chi connectivity index (χ0) is 13.9. The molecule has 0 radical (unpaired) electrons.